The van der Waals surface area contributed by atoms with Crippen LogP contribution in [0.25, 0.3) is 11.1 Å². The van der Waals surface area contributed by atoms with Gasteiger partial charge in [0.1, 0.15) is 0 Å². The van der Waals surface area contributed by atoms with E-state index in [0.717, 1.165) is 54.0 Å². The van der Waals surface area contributed by atoms with Crippen molar-refractivity contribution in [2.24, 2.45) is 0 Å². The number of pyridine rings is 1. The van der Waals surface area contributed by atoms with Gasteiger partial charge in [0.05, 0.1) is 5.56 Å². The van der Waals surface area contributed by atoms with Crippen molar-refractivity contribution in [3.8, 4) is 11.1 Å². The molecule has 3 rings (SSSR count). The molecule has 20 heavy (non-hydrogen) atoms. The fourth-order valence-corrected chi connectivity index (χ4v) is 2.36. The van der Waals surface area contributed by atoms with E-state index in [2.05, 4.69) is 10.3 Å². The molecular weight excluding hydrogens is 265 g/mol. The van der Waals surface area contributed by atoms with Gasteiger partial charge in [0, 0.05) is 37.0 Å². The zero-order valence-corrected chi connectivity index (χ0v) is 10.7. The van der Waals surface area contributed by atoms with E-state index in [1.54, 1.807) is 6.20 Å². The summed E-state index contributed by atoms with van der Waals surface area (Å²) < 4.78 is 37.6. The van der Waals surface area contributed by atoms with Crippen LogP contribution in [-0.4, -0.2) is 11.5 Å². The molecule has 2 heterocycles. The van der Waals surface area contributed by atoms with Crippen LogP contribution in [0.1, 0.15) is 16.8 Å². The highest BCUT2D eigenvalue weighted by atomic mass is 19.4. The monoisotopic (exact) mass is 278 g/mol. The van der Waals surface area contributed by atoms with Crippen molar-refractivity contribution in [1.82, 2.24) is 10.3 Å². The molecule has 104 valence electrons. The second-order valence-corrected chi connectivity index (χ2v) is 4.83. The second kappa shape index (κ2) is 4.90. The lowest BCUT2D eigenvalue weighted by Gasteiger charge is -2.17. The SMILES string of the molecule is FC(F)(F)c1ccc(-c2cnc3c(c2)CNCC3)cc1. The summed E-state index contributed by atoms with van der Waals surface area (Å²) in [4.78, 5) is 4.40. The minimum Gasteiger partial charge on any atom is -0.312 e. The highest BCUT2D eigenvalue weighted by Gasteiger charge is 2.30. The Morgan fingerprint density at radius 2 is 1.80 bits per heavy atom. The van der Waals surface area contributed by atoms with E-state index >= 15 is 0 Å². The topological polar surface area (TPSA) is 24.9 Å². The lowest BCUT2D eigenvalue weighted by molar-refractivity contribution is -0.137. The Labute approximate surface area is 114 Å². The summed E-state index contributed by atoms with van der Waals surface area (Å²) in [5, 5.41) is 3.26. The molecule has 1 aliphatic heterocycles. The van der Waals surface area contributed by atoms with E-state index in [4.69, 9.17) is 0 Å². The molecule has 2 nitrogen and oxygen atoms in total. The molecule has 0 saturated heterocycles. The Hall–Kier alpha value is -1.88. The molecule has 1 aliphatic rings. The van der Waals surface area contributed by atoms with Crippen molar-refractivity contribution < 1.29 is 13.2 Å². The summed E-state index contributed by atoms with van der Waals surface area (Å²) in [7, 11) is 0. The number of nitrogens with one attached hydrogen (secondary N) is 1. The number of fused-ring (bicyclic) bond motifs is 1. The van der Waals surface area contributed by atoms with Crippen LogP contribution in [0.3, 0.4) is 0 Å². The molecule has 0 spiro atoms. The first-order valence-corrected chi connectivity index (χ1v) is 6.40. The van der Waals surface area contributed by atoms with Gasteiger partial charge in [-0.2, -0.15) is 13.2 Å². The van der Waals surface area contributed by atoms with Gasteiger partial charge < -0.3 is 5.32 Å². The van der Waals surface area contributed by atoms with E-state index in [9.17, 15) is 13.2 Å². The molecule has 0 atom stereocenters. The van der Waals surface area contributed by atoms with Gasteiger partial charge in [-0.3, -0.25) is 4.98 Å². The lowest BCUT2D eigenvalue weighted by atomic mass is 10.0. The summed E-state index contributed by atoms with van der Waals surface area (Å²) in [6.45, 7) is 1.68. The molecular formula is C15H13F3N2. The van der Waals surface area contributed by atoms with Crippen molar-refractivity contribution in [2.45, 2.75) is 19.1 Å². The maximum absolute atomic E-state index is 12.5. The van der Waals surface area contributed by atoms with Crippen LogP contribution < -0.4 is 5.32 Å². The van der Waals surface area contributed by atoms with Crippen molar-refractivity contribution in [3.05, 3.63) is 53.3 Å². The van der Waals surface area contributed by atoms with Crippen molar-refractivity contribution in [1.29, 1.82) is 0 Å². The van der Waals surface area contributed by atoms with Crippen molar-refractivity contribution in [3.63, 3.8) is 0 Å². The van der Waals surface area contributed by atoms with Crippen molar-refractivity contribution >= 4 is 0 Å². The molecule has 0 unspecified atom stereocenters. The minimum absolute atomic E-state index is 0.631. The summed E-state index contributed by atoms with van der Waals surface area (Å²) in [5.74, 6) is 0. The number of nitrogens with zero attached hydrogens (tertiary/aromatic N) is 1. The summed E-state index contributed by atoms with van der Waals surface area (Å²) >= 11 is 0. The fourth-order valence-electron chi connectivity index (χ4n) is 2.36. The lowest BCUT2D eigenvalue weighted by Crippen LogP contribution is -2.24. The molecule has 2 aromatic rings. The Bertz CT molecular complexity index is 618. The number of halogens is 3. The third kappa shape index (κ3) is 2.54. The maximum Gasteiger partial charge on any atom is 0.416 e. The smallest absolute Gasteiger partial charge is 0.312 e. The molecule has 5 heteroatoms. The fraction of sp³-hybridized carbons (Fsp3) is 0.267. The van der Waals surface area contributed by atoms with Gasteiger partial charge in [0.2, 0.25) is 0 Å². The van der Waals surface area contributed by atoms with Crippen LogP contribution in [0, 0.1) is 0 Å². The van der Waals surface area contributed by atoms with Crippen LogP contribution in [0.4, 0.5) is 13.2 Å². The van der Waals surface area contributed by atoms with Gasteiger partial charge >= 0.3 is 6.18 Å². The van der Waals surface area contributed by atoms with Gasteiger partial charge in [-0.05, 0) is 29.3 Å². The molecule has 1 aromatic carbocycles. The zero-order chi connectivity index (χ0) is 14.2. The predicted octanol–water partition coefficient (Wildman–Crippen LogP) is 3.41. The largest absolute Gasteiger partial charge is 0.416 e. The molecule has 0 radical (unpaired) electrons. The van der Waals surface area contributed by atoms with Gasteiger partial charge in [-0.25, -0.2) is 0 Å². The first-order valence-electron chi connectivity index (χ1n) is 6.40. The Morgan fingerprint density at radius 3 is 2.50 bits per heavy atom. The third-order valence-electron chi connectivity index (χ3n) is 3.46. The van der Waals surface area contributed by atoms with E-state index in [-0.39, 0.29) is 0 Å². The Morgan fingerprint density at radius 1 is 1.05 bits per heavy atom. The first kappa shape index (κ1) is 13.1. The molecule has 1 N–H and O–H groups in total. The maximum atomic E-state index is 12.5. The number of hydrogen-bond acceptors (Lipinski definition) is 2. The number of aromatic nitrogens is 1. The van der Waals surface area contributed by atoms with Crippen LogP contribution in [0.5, 0.6) is 0 Å². The highest BCUT2D eigenvalue weighted by Crippen LogP contribution is 2.31. The van der Waals surface area contributed by atoms with Gasteiger partial charge in [0.15, 0.2) is 0 Å². The average Bonchev–Trinajstić information content (AvgIpc) is 2.46. The Kier molecular flexibility index (Phi) is 3.22. The average molecular weight is 278 g/mol. The summed E-state index contributed by atoms with van der Waals surface area (Å²) in [6.07, 6.45) is -1.67. The normalized spacial score (nSPS) is 14.9. The molecule has 0 bridgehead atoms. The van der Waals surface area contributed by atoms with Crippen LogP contribution in [0.15, 0.2) is 36.5 Å². The molecule has 0 amide bonds. The second-order valence-electron chi connectivity index (χ2n) is 4.83. The van der Waals surface area contributed by atoms with Crippen molar-refractivity contribution in [2.75, 3.05) is 6.54 Å². The quantitative estimate of drug-likeness (QED) is 0.864. The Balaban J connectivity index is 1.93. The zero-order valence-electron chi connectivity index (χ0n) is 10.7. The van der Waals surface area contributed by atoms with E-state index in [1.165, 1.54) is 12.1 Å². The predicted molar refractivity (Wildman–Crippen MR) is 70.1 cm³/mol. The minimum atomic E-state index is -4.30. The number of benzene rings is 1. The highest BCUT2D eigenvalue weighted by molar-refractivity contribution is 5.64. The van der Waals surface area contributed by atoms with Gasteiger partial charge in [0.25, 0.3) is 0 Å². The number of alkyl halides is 3. The molecule has 0 saturated carbocycles. The molecule has 0 aliphatic carbocycles. The van der Waals surface area contributed by atoms with Crippen LogP contribution in [0.2, 0.25) is 0 Å². The van der Waals surface area contributed by atoms with Gasteiger partial charge in [-0.1, -0.05) is 12.1 Å². The third-order valence-corrected chi connectivity index (χ3v) is 3.46. The van der Waals surface area contributed by atoms with E-state index in [1.807, 2.05) is 6.07 Å². The summed E-state index contributed by atoms with van der Waals surface area (Å²) in [5.41, 5.74) is 3.15. The van der Waals surface area contributed by atoms with Gasteiger partial charge in [-0.15, -0.1) is 0 Å². The van der Waals surface area contributed by atoms with E-state index in [0.29, 0.717) is 0 Å². The first-order chi connectivity index (χ1) is 9.54. The molecule has 1 aromatic heterocycles. The standard InChI is InChI=1S/C15H13F3N2/c16-15(17,18)13-3-1-10(2-4-13)11-7-12-8-19-6-5-14(12)20-9-11/h1-4,7,9,19H,5-6,8H2. The van der Waals surface area contributed by atoms with Crippen LogP contribution >= 0.6 is 0 Å². The van der Waals surface area contributed by atoms with Crippen LogP contribution in [-0.2, 0) is 19.1 Å². The number of hydrogen-bond donors (Lipinski definition) is 1. The van der Waals surface area contributed by atoms with E-state index < -0.39 is 11.7 Å². The summed E-state index contributed by atoms with van der Waals surface area (Å²) in [6, 6.07) is 7.18. The number of rotatable bonds is 1. The molecule has 0 fully saturated rings.